The predicted molar refractivity (Wildman–Crippen MR) is 80.3 cm³/mol. The van der Waals surface area contributed by atoms with Gasteiger partial charge in [-0.2, -0.15) is 0 Å². The lowest BCUT2D eigenvalue weighted by Crippen LogP contribution is -2.07. The lowest BCUT2D eigenvalue weighted by atomic mass is 10.1. The highest BCUT2D eigenvalue weighted by molar-refractivity contribution is 5.91. The van der Waals surface area contributed by atoms with Crippen LogP contribution in [0.15, 0.2) is 60.8 Å². The van der Waals surface area contributed by atoms with Gasteiger partial charge in [-0.25, -0.2) is 9.37 Å². The van der Waals surface area contributed by atoms with Crippen molar-refractivity contribution >= 4 is 16.6 Å². The Hall–Kier alpha value is -2.42. The summed E-state index contributed by atoms with van der Waals surface area (Å²) in [5, 5.41) is 5.52. The van der Waals surface area contributed by atoms with Gasteiger partial charge in [-0.3, -0.25) is 0 Å². The molecule has 0 aliphatic carbocycles. The van der Waals surface area contributed by atoms with Crippen molar-refractivity contribution in [3.63, 3.8) is 0 Å². The standard InChI is InChI=1S/C17H15FN2/c18-16-8-4-2-6-14(16)10-12-20-17-15-7-3-1-5-13(15)9-11-19-17/h1-9,11H,10,12H2,(H,19,20). The summed E-state index contributed by atoms with van der Waals surface area (Å²) >= 11 is 0. The molecule has 1 N–H and O–H groups in total. The molecule has 1 heterocycles. The Morgan fingerprint density at radius 3 is 2.65 bits per heavy atom. The minimum atomic E-state index is -0.153. The van der Waals surface area contributed by atoms with Gasteiger partial charge in [-0.1, -0.05) is 42.5 Å². The van der Waals surface area contributed by atoms with E-state index in [0.29, 0.717) is 13.0 Å². The molecule has 1 aromatic heterocycles. The van der Waals surface area contributed by atoms with E-state index >= 15 is 0 Å². The topological polar surface area (TPSA) is 24.9 Å². The van der Waals surface area contributed by atoms with Gasteiger partial charge in [0.2, 0.25) is 0 Å². The van der Waals surface area contributed by atoms with E-state index in [9.17, 15) is 4.39 Å². The van der Waals surface area contributed by atoms with E-state index in [1.54, 1.807) is 12.3 Å². The van der Waals surface area contributed by atoms with Gasteiger partial charge in [-0.15, -0.1) is 0 Å². The summed E-state index contributed by atoms with van der Waals surface area (Å²) in [7, 11) is 0. The molecular weight excluding hydrogens is 251 g/mol. The van der Waals surface area contributed by atoms with Crippen molar-refractivity contribution in [2.75, 3.05) is 11.9 Å². The van der Waals surface area contributed by atoms with Crippen LogP contribution >= 0.6 is 0 Å². The van der Waals surface area contributed by atoms with Gasteiger partial charge in [-0.05, 0) is 29.5 Å². The molecule has 0 aliphatic heterocycles. The highest BCUT2D eigenvalue weighted by atomic mass is 19.1. The maximum Gasteiger partial charge on any atom is 0.133 e. The lowest BCUT2D eigenvalue weighted by molar-refractivity contribution is 0.610. The molecule has 0 aliphatic rings. The minimum absolute atomic E-state index is 0.153. The van der Waals surface area contributed by atoms with Crippen molar-refractivity contribution in [1.29, 1.82) is 0 Å². The summed E-state index contributed by atoms with van der Waals surface area (Å²) in [5.74, 6) is 0.694. The molecule has 0 saturated heterocycles. The molecule has 0 unspecified atom stereocenters. The van der Waals surface area contributed by atoms with Crippen LogP contribution in [-0.2, 0) is 6.42 Å². The maximum absolute atomic E-state index is 13.5. The fourth-order valence-electron chi connectivity index (χ4n) is 2.28. The van der Waals surface area contributed by atoms with Crippen LogP contribution in [0, 0.1) is 5.82 Å². The largest absolute Gasteiger partial charge is 0.369 e. The second-order valence-corrected chi connectivity index (χ2v) is 4.65. The van der Waals surface area contributed by atoms with Crippen molar-refractivity contribution in [2.24, 2.45) is 0 Å². The molecular formula is C17H15FN2. The lowest BCUT2D eigenvalue weighted by Gasteiger charge is -2.09. The summed E-state index contributed by atoms with van der Waals surface area (Å²) in [4.78, 5) is 4.36. The summed E-state index contributed by atoms with van der Waals surface area (Å²) in [6, 6.07) is 16.9. The quantitative estimate of drug-likeness (QED) is 0.771. The highest BCUT2D eigenvalue weighted by Crippen LogP contribution is 2.20. The van der Waals surface area contributed by atoms with Crippen molar-refractivity contribution in [1.82, 2.24) is 4.98 Å². The fourth-order valence-corrected chi connectivity index (χ4v) is 2.28. The number of hydrogen-bond donors (Lipinski definition) is 1. The SMILES string of the molecule is Fc1ccccc1CCNc1nccc2ccccc12. The summed E-state index contributed by atoms with van der Waals surface area (Å²) in [6.45, 7) is 0.655. The van der Waals surface area contributed by atoms with Gasteiger partial charge in [0.05, 0.1) is 0 Å². The molecule has 3 rings (SSSR count). The van der Waals surface area contributed by atoms with Gasteiger partial charge in [0.25, 0.3) is 0 Å². The van der Waals surface area contributed by atoms with Crippen LogP contribution in [0.4, 0.5) is 10.2 Å². The Morgan fingerprint density at radius 2 is 1.75 bits per heavy atom. The Morgan fingerprint density at radius 1 is 0.950 bits per heavy atom. The molecule has 0 amide bonds. The molecule has 20 heavy (non-hydrogen) atoms. The number of hydrogen-bond acceptors (Lipinski definition) is 2. The van der Waals surface area contributed by atoms with Gasteiger partial charge in [0.1, 0.15) is 11.6 Å². The van der Waals surface area contributed by atoms with E-state index in [1.807, 2.05) is 36.4 Å². The van der Waals surface area contributed by atoms with Crippen molar-refractivity contribution in [3.05, 3.63) is 72.2 Å². The maximum atomic E-state index is 13.5. The molecule has 0 bridgehead atoms. The Bertz CT molecular complexity index is 720. The first-order valence-corrected chi connectivity index (χ1v) is 6.65. The number of anilines is 1. The van der Waals surface area contributed by atoms with Gasteiger partial charge in [0.15, 0.2) is 0 Å². The number of fused-ring (bicyclic) bond motifs is 1. The zero-order valence-electron chi connectivity index (χ0n) is 11.0. The fraction of sp³-hybridized carbons (Fsp3) is 0.118. The highest BCUT2D eigenvalue weighted by Gasteiger charge is 2.03. The van der Waals surface area contributed by atoms with Crippen LogP contribution in [0.2, 0.25) is 0 Å². The molecule has 3 heteroatoms. The van der Waals surface area contributed by atoms with E-state index in [4.69, 9.17) is 0 Å². The average molecular weight is 266 g/mol. The van der Waals surface area contributed by atoms with E-state index in [1.165, 1.54) is 6.07 Å². The number of aromatic nitrogens is 1. The molecule has 0 radical (unpaired) electrons. The normalized spacial score (nSPS) is 10.7. The van der Waals surface area contributed by atoms with E-state index < -0.39 is 0 Å². The molecule has 3 aromatic rings. The molecule has 100 valence electrons. The third-order valence-corrected chi connectivity index (χ3v) is 3.32. The van der Waals surface area contributed by atoms with Crippen LogP contribution < -0.4 is 5.32 Å². The first kappa shape index (κ1) is 12.6. The summed E-state index contributed by atoms with van der Waals surface area (Å²) < 4.78 is 13.5. The predicted octanol–water partition coefficient (Wildman–Crippen LogP) is 4.03. The first-order valence-electron chi connectivity index (χ1n) is 6.65. The number of rotatable bonds is 4. The third kappa shape index (κ3) is 2.62. The zero-order valence-corrected chi connectivity index (χ0v) is 11.0. The van der Waals surface area contributed by atoms with Crippen LogP contribution in [0.1, 0.15) is 5.56 Å². The van der Waals surface area contributed by atoms with Gasteiger partial charge >= 0.3 is 0 Å². The van der Waals surface area contributed by atoms with Crippen LogP contribution in [0.5, 0.6) is 0 Å². The Labute approximate surface area is 117 Å². The van der Waals surface area contributed by atoms with Crippen molar-refractivity contribution in [2.45, 2.75) is 6.42 Å². The van der Waals surface area contributed by atoms with Crippen LogP contribution in [0.3, 0.4) is 0 Å². The first-order chi connectivity index (χ1) is 9.84. The average Bonchev–Trinajstić information content (AvgIpc) is 2.49. The summed E-state index contributed by atoms with van der Waals surface area (Å²) in [5.41, 5.74) is 0.722. The second-order valence-electron chi connectivity index (χ2n) is 4.65. The molecule has 0 saturated carbocycles. The van der Waals surface area contributed by atoms with Crippen molar-refractivity contribution in [3.8, 4) is 0 Å². The smallest absolute Gasteiger partial charge is 0.133 e. The number of benzene rings is 2. The molecule has 0 fully saturated rings. The third-order valence-electron chi connectivity index (χ3n) is 3.32. The van der Waals surface area contributed by atoms with E-state index in [2.05, 4.69) is 16.4 Å². The summed E-state index contributed by atoms with van der Waals surface area (Å²) in [6.07, 6.45) is 2.42. The Balaban J connectivity index is 1.73. The zero-order chi connectivity index (χ0) is 13.8. The van der Waals surface area contributed by atoms with Crippen LogP contribution in [-0.4, -0.2) is 11.5 Å². The number of pyridine rings is 1. The van der Waals surface area contributed by atoms with Crippen molar-refractivity contribution < 1.29 is 4.39 Å². The van der Waals surface area contributed by atoms with E-state index in [0.717, 1.165) is 22.2 Å². The number of halogens is 1. The molecule has 0 atom stereocenters. The minimum Gasteiger partial charge on any atom is -0.369 e. The second kappa shape index (κ2) is 5.70. The molecule has 2 nitrogen and oxygen atoms in total. The number of nitrogens with one attached hydrogen (secondary N) is 1. The molecule has 0 spiro atoms. The van der Waals surface area contributed by atoms with Crippen LogP contribution in [0.25, 0.3) is 10.8 Å². The number of nitrogens with zero attached hydrogens (tertiary/aromatic N) is 1. The monoisotopic (exact) mass is 266 g/mol. The van der Waals surface area contributed by atoms with E-state index in [-0.39, 0.29) is 5.82 Å². The van der Waals surface area contributed by atoms with Gasteiger partial charge < -0.3 is 5.32 Å². The Kier molecular flexibility index (Phi) is 3.59. The van der Waals surface area contributed by atoms with Gasteiger partial charge in [0, 0.05) is 18.1 Å². The molecule has 2 aromatic carbocycles.